The number of carbonyl (C=O) groups excluding carboxylic acids is 2. The number of hydrogen-bond donors (Lipinski definition) is 1. The lowest BCUT2D eigenvalue weighted by Gasteiger charge is -2.09. The van der Waals surface area contributed by atoms with Crippen LogP contribution in [0.4, 0.5) is 0 Å². The number of benzene rings is 1. The molecule has 0 aliphatic heterocycles. The van der Waals surface area contributed by atoms with Crippen LogP contribution in [0.15, 0.2) is 47.8 Å². The Morgan fingerprint density at radius 1 is 1.23 bits per heavy atom. The summed E-state index contributed by atoms with van der Waals surface area (Å²) in [6.45, 7) is -0.164. The summed E-state index contributed by atoms with van der Waals surface area (Å²) in [6.07, 6.45) is 0.207. The van der Waals surface area contributed by atoms with Crippen molar-refractivity contribution in [2.75, 3.05) is 13.2 Å². The Morgan fingerprint density at radius 2 is 2.08 bits per heavy atom. The zero-order valence-electron chi connectivity index (χ0n) is 13.8. The molecule has 0 aliphatic rings. The topological polar surface area (TPSA) is 92.1 Å². The fourth-order valence-corrected chi connectivity index (χ4v) is 3.10. The minimum atomic E-state index is -0.586. The lowest BCUT2D eigenvalue weighted by Crippen LogP contribution is -2.29. The van der Waals surface area contributed by atoms with Crippen molar-refractivity contribution in [2.24, 2.45) is 0 Å². The van der Waals surface area contributed by atoms with E-state index >= 15 is 0 Å². The quantitative estimate of drug-likeness (QED) is 0.535. The van der Waals surface area contributed by atoms with Gasteiger partial charge in [-0.15, -0.1) is 11.3 Å². The van der Waals surface area contributed by atoms with Gasteiger partial charge in [-0.05, 0) is 23.6 Å². The van der Waals surface area contributed by atoms with Crippen LogP contribution >= 0.6 is 11.3 Å². The zero-order chi connectivity index (χ0) is 18.4. The van der Waals surface area contributed by atoms with Gasteiger partial charge in [0.2, 0.25) is 0 Å². The summed E-state index contributed by atoms with van der Waals surface area (Å²) in [6, 6.07) is 14.8. The van der Waals surface area contributed by atoms with E-state index in [-0.39, 0.29) is 13.0 Å². The molecule has 130 valence electrons. The molecule has 0 unspecified atom stereocenters. The van der Waals surface area contributed by atoms with Gasteiger partial charge in [0.05, 0.1) is 34.1 Å². The van der Waals surface area contributed by atoms with Crippen molar-refractivity contribution in [3.63, 3.8) is 0 Å². The van der Waals surface area contributed by atoms with Gasteiger partial charge in [0.1, 0.15) is 0 Å². The van der Waals surface area contributed by atoms with E-state index in [0.29, 0.717) is 22.2 Å². The van der Waals surface area contributed by atoms with Crippen molar-refractivity contribution in [3.05, 3.63) is 53.4 Å². The molecule has 2 heterocycles. The minimum Gasteiger partial charge on any atom is -0.452 e. The summed E-state index contributed by atoms with van der Waals surface area (Å²) in [5.41, 5.74) is 1.73. The van der Waals surface area contributed by atoms with E-state index in [4.69, 9.17) is 10.00 Å². The van der Waals surface area contributed by atoms with Crippen LogP contribution in [0.5, 0.6) is 0 Å². The summed E-state index contributed by atoms with van der Waals surface area (Å²) in [4.78, 5) is 29.7. The van der Waals surface area contributed by atoms with Gasteiger partial charge in [-0.1, -0.05) is 24.3 Å². The molecule has 0 spiro atoms. The molecule has 0 atom stereocenters. The van der Waals surface area contributed by atoms with Crippen molar-refractivity contribution >= 4 is 34.1 Å². The predicted molar refractivity (Wildman–Crippen MR) is 98.6 cm³/mol. The first-order valence-corrected chi connectivity index (χ1v) is 8.81. The van der Waals surface area contributed by atoms with E-state index in [9.17, 15) is 9.59 Å². The summed E-state index contributed by atoms with van der Waals surface area (Å²) in [7, 11) is 0. The molecular formula is C19H15N3O3S. The molecule has 3 rings (SSSR count). The second-order valence-corrected chi connectivity index (χ2v) is 6.33. The number of carbonyl (C=O) groups is 2. The number of rotatable bonds is 6. The van der Waals surface area contributed by atoms with Crippen LogP contribution in [0.3, 0.4) is 0 Å². The highest BCUT2D eigenvalue weighted by Crippen LogP contribution is 2.28. The molecule has 0 bridgehead atoms. The number of amides is 1. The van der Waals surface area contributed by atoms with Crippen LogP contribution < -0.4 is 5.32 Å². The van der Waals surface area contributed by atoms with Crippen molar-refractivity contribution in [1.29, 1.82) is 5.26 Å². The highest BCUT2D eigenvalue weighted by atomic mass is 32.1. The Hall–Kier alpha value is -3.24. The first-order chi connectivity index (χ1) is 12.7. The largest absolute Gasteiger partial charge is 0.452 e. The monoisotopic (exact) mass is 365 g/mol. The fourth-order valence-electron chi connectivity index (χ4n) is 2.41. The molecule has 0 aliphatic carbocycles. The van der Waals surface area contributed by atoms with Crippen molar-refractivity contribution in [3.8, 4) is 16.6 Å². The standard InChI is InChI=1S/C19H15N3O3S/c20-8-4-9-21-18(23)12-25-19(24)14-11-16(17-7-3-10-26-17)22-15-6-2-1-5-13(14)15/h1-3,5-7,10-11H,4,9,12H2,(H,21,23). The summed E-state index contributed by atoms with van der Waals surface area (Å²) in [5.74, 6) is -1.03. The fraction of sp³-hybridized carbons (Fsp3) is 0.158. The van der Waals surface area contributed by atoms with Crippen LogP contribution in [0.1, 0.15) is 16.8 Å². The third-order valence-corrected chi connectivity index (χ3v) is 4.50. The highest BCUT2D eigenvalue weighted by molar-refractivity contribution is 7.13. The number of fused-ring (bicyclic) bond motifs is 1. The van der Waals surface area contributed by atoms with Crippen LogP contribution in [-0.2, 0) is 9.53 Å². The number of nitrogens with zero attached hydrogens (tertiary/aromatic N) is 2. The van der Waals surface area contributed by atoms with E-state index < -0.39 is 18.5 Å². The number of thiophene rings is 1. The van der Waals surface area contributed by atoms with Crippen LogP contribution in [0.25, 0.3) is 21.5 Å². The molecule has 0 radical (unpaired) electrons. The maximum atomic E-state index is 12.5. The number of esters is 1. The molecule has 0 saturated carbocycles. The maximum Gasteiger partial charge on any atom is 0.339 e. The van der Waals surface area contributed by atoms with Gasteiger partial charge in [-0.3, -0.25) is 4.79 Å². The lowest BCUT2D eigenvalue weighted by molar-refractivity contribution is -0.124. The molecule has 7 heteroatoms. The van der Waals surface area contributed by atoms with Crippen LogP contribution in [-0.4, -0.2) is 30.0 Å². The first-order valence-electron chi connectivity index (χ1n) is 7.93. The maximum absolute atomic E-state index is 12.5. The number of para-hydroxylation sites is 1. The van der Waals surface area contributed by atoms with Gasteiger partial charge in [-0.25, -0.2) is 9.78 Å². The van der Waals surface area contributed by atoms with Crippen molar-refractivity contribution in [2.45, 2.75) is 6.42 Å². The number of hydrogen-bond acceptors (Lipinski definition) is 6. The van der Waals surface area contributed by atoms with Gasteiger partial charge in [0.15, 0.2) is 6.61 Å². The van der Waals surface area contributed by atoms with Crippen LogP contribution in [0.2, 0.25) is 0 Å². The average molecular weight is 365 g/mol. The Morgan fingerprint density at radius 3 is 2.85 bits per heavy atom. The van der Waals surface area contributed by atoms with Gasteiger partial charge in [0.25, 0.3) is 5.91 Å². The number of nitriles is 1. The summed E-state index contributed by atoms with van der Waals surface area (Å²) in [5, 5.41) is 13.6. The molecule has 0 saturated heterocycles. The Bertz CT molecular complexity index is 977. The Balaban J connectivity index is 1.83. The van der Waals surface area contributed by atoms with Gasteiger partial charge >= 0.3 is 5.97 Å². The predicted octanol–water partition coefficient (Wildman–Crippen LogP) is 3.15. The average Bonchev–Trinajstić information content (AvgIpc) is 3.20. The smallest absolute Gasteiger partial charge is 0.339 e. The van der Waals surface area contributed by atoms with Crippen molar-refractivity contribution < 1.29 is 14.3 Å². The second-order valence-electron chi connectivity index (χ2n) is 5.38. The lowest BCUT2D eigenvalue weighted by atomic mass is 10.1. The van der Waals surface area contributed by atoms with E-state index in [1.54, 1.807) is 12.1 Å². The molecule has 6 nitrogen and oxygen atoms in total. The Kier molecular flexibility index (Phi) is 5.56. The third kappa shape index (κ3) is 4.05. The van der Waals surface area contributed by atoms with Gasteiger partial charge in [-0.2, -0.15) is 5.26 Å². The molecule has 3 aromatic rings. The number of ether oxygens (including phenoxy) is 1. The molecule has 2 aromatic heterocycles. The summed E-state index contributed by atoms with van der Waals surface area (Å²) >= 11 is 1.53. The van der Waals surface area contributed by atoms with E-state index in [1.165, 1.54) is 11.3 Å². The first kappa shape index (κ1) is 17.6. The van der Waals surface area contributed by atoms with E-state index in [1.807, 2.05) is 41.8 Å². The summed E-state index contributed by atoms with van der Waals surface area (Å²) < 4.78 is 5.14. The molecule has 1 N–H and O–H groups in total. The Labute approximate surface area is 154 Å². The SMILES string of the molecule is N#CCCNC(=O)COC(=O)c1cc(-c2cccs2)nc2ccccc12. The second kappa shape index (κ2) is 8.23. The van der Waals surface area contributed by atoms with Gasteiger partial charge in [0, 0.05) is 11.9 Å². The van der Waals surface area contributed by atoms with Crippen LogP contribution in [0, 0.1) is 11.3 Å². The number of pyridine rings is 1. The highest BCUT2D eigenvalue weighted by Gasteiger charge is 2.16. The number of aromatic nitrogens is 1. The number of nitrogens with one attached hydrogen (secondary N) is 1. The van der Waals surface area contributed by atoms with E-state index in [0.717, 1.165) is 4.88 Å². The molecule has 0 fully saturated rings. The molecule has 1 amide bonds. The zero-order valence-corrected chi connectivity index (χ0v) is 14.6. The molecule has 1 aromatic carbocycles. The molecule has 26 heavy (non-hydrogen) atoms. The van der Waals surface area contributed by atoms with E-state index in [2.05, 4.69) is 10.3 Å². The van der Waals surface area contributed by atoms with Gasteiger partial charge < -0.3 is 10.1 Å². The van der Waals surface area contributed by atoms with Crippen molar-refractivity contribution in [1.82, 2.24) is 10.3 Å². The molecular weight excluding hydrogens is 350 g/mol. The third-order valence-electron chi connectivity index (χ3n) is 3.60. The normalized spacial score (nSPS) is 10.3. The minimum absolute atomic E-state index is 0.207.